The highest BCUT2D eigenvalue weighted by atomic mass is 19.4. The van der Waals surface area contributed by atoms with Crippen molar-refractivity contribution in [2.24, 2.45) is 0 Å². The maximum Gasteiger partial charge on any atom is 0.425 e. The molecule has 0 amide bonds. The third-order valence-corrected chi connectivity index (χ3v) is 2.57. The van der Waals surface area contributed by atoms with Crippen molar-refractivity contribution < 1.29 is 18.3 Å². The monoisotopic (exact) mass is 254 g/mol. The number of alkyl halides is 3. The average molecular weight is 254 g/mol. The lowest BCUT2D eigenvalue weighted by Crippen LogP contribution is -2.43. The molecule has 2 heterocycles. The minimum atomic E-state index is -4.86. The number of hydrogen-bond acceptors (Lipinski definition) is 3. The number of hydrogen-bond donors (Lipinski definition) is 1. The summed E-state index contributed by atoms with van der Waals surface area (Å²) in [4.78, 5) is 7.22. The molecule has 2 aromatic heterocycles. The molecule has 1 N–H and O–H groups in total. The van der Waals surface area contributed by atoms with Crippen LogP contribution in [-0.2, 0) is 5.60 Å². The quantitative estimate of drug-likeness (QED) is 0.894. The van der Waals surface area contributed by atoms with Gasteiger partial charge in [0.25, 0.3) is 0 Å². The van der Waals surface area contributed by atoms with Gasteiger partial charge >= 0.3 is 6.18 Å². The highest BCUT2D eigenvalue weighted by molar-refractivity contribution is 5.34. The zero-order valence-electron chi connectivity index (χ0n) is 9.09. The fourth-order valence-corrected chi connectivity index (χ4v) is 1.65. The van der Waals surface area contributed by atoms with Crippen LogP contribution in [-0.4, -0.2) is 21.3 Å². The van der Waals surface area contributed by atoms with E-state index in [1.54, 1.807) is 0 Å². The smallest absolute Gasteiger partial charge is 0.372 e. The molecular formula is C12H9F3N2O. The molecule has 0 saturated heterocycles. The van der Waals surface area contributed by atoms with E-state index in [0.29, 0.717) is 0 Å². The largest absolute Gasteiger partial charge is 0.425 e. The van der Waals surface area contributed by atoms with Crippen molar-refractivity contribution in [1.82, 2.24) is 9.97 Å². The van der Waals surface area contributed by atoms with E-state index in [2.05, 4.69) is 9.97 Å². The van der Waals surface area contributed by atoms with E-state index in [9.17, 15) is 18.3 Å². The van der Waals surface area contributed by atoms with Gasteiger partial charge in [0.1, 0.15) is 0 Å². The highest BCUT2D eigenvalue weighted by Gasteiger charge is 2.56. The normalized spacial score (nSPS) is 12.4. The zero-order chi connectivity index (χ0) is 13.2. The number of aromatic nitrogens is 2. The molecule has 0 unspecified atom stereocenters. The minimum absolute atomic E-state index is 0.342. The summed E-state index contributed by atoms with van der Waals surface area (Å²) in [5, 5.41) is 10.1. The Morgan fingerprint density at radius 1 is 0.889 bits per heavy atom. The van der Waals surface area contributed by atoms with Crippen LogP contribution in [0.5, 0.6) is 0 Å². The first kappa shape index (κ1) is 12.5. The molecule has 18 heavy (non-hydrogen) atoms. The molecule has 0 radical (unpaired) electrons. The molecule has 0 spiro atoms. The first-order chi connectivity index (χ1) is 8.46. The van der Waals surface area contributed by atoms with E-state index in [0.717, 1.165) is 12.4 Å². The van der Waals surface area contributed by atoms with Gasteiger partial charge in [0, 0.05) is 35.9 Å². The van der Waals surface area contributed by atoms with Crippen LogP contribution in [0.25, 0.3) is 0 Å². The minimum Gasteiger partial charge on any atom is -0.372 e. The molecule has 0 aliphatic carbocycles. The Balaban J connectivity index is 2.63. The Labute approximate surface area is 101 Å². The van der Waals surface area contributed by atoms with Crippen molar-refractivity contribution in [2.45, 2.75) is 11.8 Å². The Morgan fingerprint density at radius 3 is 1.61 bits per heavy atom. The second-order valence-electron chi connectivity index (χ2n) is 3.69. The maximum atomic E-state index is 13.2. The van der Waals surface area contributed by atoms with E-state index in [1.807, 2.05) is 0 Å². The van der Waals surface area contributed by atoms with Gasteiger partial charge < -0.3 is 5.11 Å². The van der Waals surface area contributed by atoms with Crippen molar-refractivity contribution in [3.05, 3.63) is 60.2 Å². The Morgan fingerprint density at radius 2 is 1.33 bits per heavy atom. The summed E-state index contributed by atoms with van der Waals surface area (Å²) in [6, 6.07) is 5.02. The van der Waals surface area contributed by atoms with Crippen molar-refractivity contribution in [2.75, 3.05) is 0 Å². The zero-order valence-corrected chi connectivity index (χ0v) is 9.09. The van der Waals surface area contributed by atoms with Crippen LogP contribution in [0.15, 0.2) is 49.1 Å². The molecule has 0 aromatic carbocycles. The number of pyridine rings is 2. The Hall–Kier alpha value is -1.95. The first-order valence-electron chi connectivity index (χ1n) is 5.06. The van der Waals surface area contributed by atoms with Gasteiger partial charge in [0.05, 0.1) is 0 Å². The maximum absolute atomic E-state index is 13.2. The van der Waals surface area contributed by atoms with Crippen LogP contribution >= 0.6 is 0 Å². The molecule has 0 aliphatic heterocycles. The second kappa shape index (κ2) is 4.38. The second-order valence-corrected chi connectivity index (χ2v) is 3.69. The topological polar surface area (TPSA) is 46.0 Å². The molecular weight excluding hydrogens is 245 g/mol. The van der Waals surface area contributed by atoms with Gasteiger partial charge in [0.2, 0.25) is 5.60 Å². The van der Waals surface area contributed by atoms with Gasteiger partial charge in [-0.2, -0.15) is 13.2 Å². The van der Waals surface area contributed by atoms with E-state index in [4.69, 9.17) is 0 Å². The summed E-state index contributed by atoms with van der Waals surface area (Å²) in [5.74, 6) is 0. The molecule has 3 nitrogen and oxygen atoms in total. The fourth-order valence-electron chi connectivity index (χ4n) is 1.65. The van der Waals surface area contributed by atoms with E-state index >= 15 is 0 Å². The first-order valence-corrected chi connectivity index (χ1v) is 5.06. The van der Waals surface area contributed by atoms with Gasteiger partial charge in [-0.25, -0.2) is 0 Å². The predicted molar refractivity (Wildman–Crippen MR) is 57.5 cm³/mol. The van der Waals surface area contributed by atoms with Crippen LogP contribution in [0.1, 0.15) is 11.1 Å². The summed E-state index contributed by atoms with van der Waals surface area (Å²) < 4.78 is 39.5. The SMILES string of the molecule is OC(c1cccnc1)(c1cccnc1)C(F)(F)F. The molecule has 0 atom stereocenters. The summed E-state index contributed by atoms with van der Waals surface area (Å²) in [7, 11) is 0. The lowest BCUT2D eigenvalue weighted by atomic mass is 9.88. The summed E-state index contributed by atoms with van der Waals surface area (Å²) in [5.41, 5.74) is -3.79. The molecule has 0 fully saturated rings. The van der Waals surface area contributed by atoms with Crippen LogP contribution < -0.4 is 0 Å². The van der Waals surface area contributed by atoms with Crippen molar-refractivity contribution in [3.63, 3.8) is 0 Å². The third-order valence-electron chi connectivity index (χ3n) is 2.57. The lowest BCUT2D eigenvalue weighted by Gasteiger charge is -2.30. The van der Waals surface area contributed by atoms with Crippen LogP contribution in [0, 0.1) is 0 Å². The van der Waals surface area contributed by atoms with Gasteiger partial charge in [-0.1, -0.05) is 12.1 Å². The lowest BCUT2D eigenvalue weighted by molar-refractivity contribution is -0.248. The standard InChI is InChI=1S/C12H9F3N2O/c13-12(14,15)11(18,9-3-1-5-16-7-9)10-4-2-6-17-8-10/h1-8,18H. The van der Waals surface area contributed by atoms with Crippen LogP contribution in [0.4, 0.5) is 13.2 Å². The number of halogens is 3. The van der Waals surface area contributed by atoms with Gasteiger partial charge in [-0.3, -0.25) is 9.97 Å². The summed E-state index contributed by atoms with van der Waals surface area (Å²) >= 11 is 0. The number of rotatable bonds is 2. The van der Waals surface area contributed by atoms with E-state index < -0.39 is 11.8 Å². The van der Waals surface area contributed by atoms with Gasteiger partial charge in [-0.05, 0) is 12.1 Å². The van der Waals surface area contributed by atoms with Crippen molar-refractivity contribution >= 4 is 0 Å². The summed E-state index contributed by atoms with van der Waals surface area (Å²) in [6.07, 6.45) is -0.215. The van der Waals surface area contributed by atoms with E-state index in [1.165, 1.54) is 36.7 Å². The van der Waals surface area contributed by atoms with Gasteiger partial charge in [-0.15, -0.1) is 0 Å². The average Bonchev–Trinajstić information content (AvgIpc) is 2.38. The molecule has 0 aliphatic rings. The highest BCUT2D eigenvalue weighted by Crippen LogP contribution is 2.43. The third kappa shape index (κ3) is 1.95. The van der Waals surface area contributed by atoms with Gasteiger partial charge in [0.15, 0.2) is 0 Å². The molecule has 6 heteroatoms. The summed E-state index contributed by atoms with van der Waals surface area (Å²) in [6.45, 7) is 0. The predicted octanol–water partition coefficient (Wildman–Crippen LogP) is 2.27. The Kier molecular flexibility index (Phi) is 3.04. The number of aliphatic hydroxyl groups is 1. The fraction of sp³-hybridized carbons (Fsp3) is 0.167. The molecule has 0 saturated carbocycles. The van der Waals surface area contributed by atoms with Crippen molar-refractivity contribution in [1.29, 1.82) is 0 Å². The molecule has 94 valence electrons. The Bertz CT molecular complexity index is 474. The van der Waals surface area contributed by atoms with Crippen LogP contribution in [0.2, 0.25) is 0 Å². The number of nitrogens with zero attached hydrogens (tertiary/aromatic N) is 2. The molecule has 2 aromatic rings. The van der Waals surface area contributed by atoms with E-state index in [-0.39, 0.29) is 11.1 Å². The van der Waals surface area contributed by atoms with Crippen molar-refractivity contribution in [3.8, 4) is 0 Å². The molecule has 0 bridgehead atoms. The molecule has 2 rings (SSSR count). The van der Waals surface area contributed by atoms with Crippen LogP contribution in [0.3, 0.4) is 0 Å².